The summed E-state index contributed by atoms with van der Waals surface area (Å²) in [6.07, 6.45) is -0.957. The predicted molar refractivity (Wildman–Crippen MR) is 77.5 cm³/mol. The first-order chi connectivity index (χ1) is 10.2. The van der Waals surface area contributed by atoms with Crippen LogP contribution in [-0.4, -0.2) is 40.9 Å². The van der Waals surface area contributed by atoms with E-state index in [9.17, 15) is 18.7 Å². The lowest BCUT2D eigenvalue weighted by Crippen LogP contribution is -2.47. The van der Waals surface area contributed by atoms with Crippen molar-refractivity contribution in [2.45, 2.75) is 44.8 Å². The number of ether oxygens (including phenoxy) is 1. The van der Waals surface area contributed by atoms with Crippen molar-refractivity contribution in [3.63, 3.8) is 0 Å². The van der Waals surface area contributed by atoms with E-state index in [2.05, 4.69) is 0 Å². The number of aliphatic hydroxyl groups excluding tert-OH is 1. The highest BCUT2D eigenvalue weighted by Crippen LogP contribution is 2.30. The molecule has 4 nitrogen and oxygen atoms in total. The minimum absolute atomic E-state index is 0.0811. The second-order valence-electron chi connectivity index (χ2n) is 6.59. The van der Waals surface area contributed by atoms with Crippen molar-refractivity contribution >= 4 is 6.09 Å². The molecule has 1 aliphatic rings. The molecule has 1 fully saturated rings. The van der Waals surface area contributed by atoms with Crippen molar-refractivity contribution in [1.29, 1.82) is 0 Å². The molecular weight excluding hydrogens is 292 g/mol. The van der Waals surface area contributed by atoms with Gasteiger partial charge in [0.05, 0.1) is 12.6 Å². The lowest BCUT2D eigenvalue weighted by atomic mass is 9.87. The molecule has 1 aliphatic heterocycles. The van der Waals surface area contributed by atoms with E-state index in [1.807, 2.05) is 0 Å². The van der Waals surface area contributed by atoms with Gasteiger partial charge >= 0.3 is 6.09 Å². The smallest absolute Gasteiger partial charge is 0.410 e. The number of carbonyl (C=O) groups excluding carboxylic acids is 1. The maximum absolute atomic E-state index is 13.3. The number of β-amino-alcohol motifs (C(OH)–C–C–N with tert-alkyl or cyclic N) is 1. The van der Waals surface area contributed by atoms with Gasteiger partial charge < -0.3 is 14.7 Å². The maximum Gasteiger partial charge on any atom is 0.410 e. The highest BCUT2D eigenvalue weighted by Gasteiger charge is 2.33. The normalized spacial score (nSPS) is 22.5. The van der Waals surface area contributed by atoms with E-state index in [1.54, 1.807) is 20.8 Å². The van der Waals surface area contributed by atoms with Crippen LogP contribution in [0.15, 0.2) is 18.2 Å². The van der Waals surface area contributed by atoms with Gasteiger partial charge in [-0.05, 0) is 44.9 Å². The van der Waals surface area contributed by atoms with Crippen LogP contribution in [0.3, 0.4) is 0 Å². The van der Waals surface area contributed by atoms with Gasteiger partial charge in [-0.3, -0.25) is 0 Å². The van der Waals surface area contributed by atoms with Crippen LogP contribution in [0, 0.1) is 11.6 Å². The molecule has 2 atom stereocenters. The van der Waals surface area contributed by atoms with Gasteiger partial charge in [-0.2, -0.15) is 0 Å². The van der Waals surface area contributed by atoms with Crippen LogP contribution in [-0.2, 0) is 4.74 Å². The Morgan fingerprint density at radius 3 is 2.36 bits per heavy atom. The summed E-state index contributed by atoms with van der Waals surface area (Å²) in [6, 6.07) is 3.24. The molecule has 1 heterocycles. The van der Waals surface area contributed by atoms with Crippen LogP contribution in [0.5, 0.6) is 0 Å². The van der Waals surface area contributed by atoms with E-state index in [0.717, 1.165) is 6.07 Å². The SMILES string of the molecule is CC(C)(C)OC(=O)N1CC[C@@H](c2cc(F)cc(F)c2)[C@@H](O)C1. The number of benzene rings is 1. The van der Waals surface area contributed by atoms with E-state index in [-0.39, 0.29) is 6.54 Å². The average Bonchev–Trinajstić information content (AvgIpc) is 2.35. The number of piperidine rings is 1. The van der Waals surface area contributed by atoms with Gasteiger partial charge in [0.1, 0.15) is 17.2 Å². The standard InChI is InChI=1S/C16H21F2NO3/c1-16(2,3)22-15(21)19-5-4-13(14(20)9-19)10-6-11(17)8-12(18)7-10/h6-8,13-14,20H,4-5,9H2,1-3H3/t13-,14-/m0/s1. The largest absolute Gasteiger partial charge is 0.444 e. The summed E-state index contributed by atoms with van der Waals surface area (Å²) in [6.45, 7) is 5.75. The van der Waals surface area contributed by atoms with Gasteiger partial charge in [0.2, 0.25) is 0 Å². The molecule has 0 unspecified atom stereocenters. The van der Waals surface area contributed by atoms with E-state index in [4.69, 9.17) is 4.74 Å². The number of hydrogen-bond donors (Lipinski definition) is 1. The van der Waals surface area contributed by atoms with E-state index in [1.165, 1.54) is 17.0 Å². The molecule has 1 saturated heterocycles. The fraction of sp³-hybridized carbons (Fsp3) is 0.562. The number of rotatable bonds is 1. The van der Waals surface area contributed by atoms with Gasteiger partial charge in [0.25, 0.3) is 0 Å². The fourth-order valence-electron chi connectivity index (χ4n) is 2.60. The third kappa shape index (κ3) is 4.16. The van der Waals surface area contributed by atoms with Gasteiger partial charge in [-0.15, -0.1) is 0 Å². The second kappa shape index (κ2) is 6.20. The summed E-state index contributed by atoms with van der Waals surface area (Å²) in [5.74, 6) is -1.74. The first-order valence-corrected chi connectivity index (χ1v) is 7.28. The molecule has 0 bridgehead atoms. The number of carbonyl (C=O) groups is 1. The molecule has 122 valence electrons. The molecule has 0 radical (unpaired) electrons. The summed E-state index contributed by atoms with van der Waals surface area (Å²) in [7, 11) is 0. The predicted octanol–water partition coefficient (Wildman–Crippen LogP) is 3.05. The van der Waals surface area contributed by atoms with Gasteiger partial charge in [0.15, 0.2) is 0 Å². The number of nitrogens with zero attached hydrogens (tertiary/aromatic N) is 1. The Hall–Kier alpha value is -1.69. The van der Waals surface area contributed by atoms with Gasteiger partial charge in [0, 0.05) is 18.5 Å². The summed E-state index contributed by atoms with van der Waals surface area (Å²) >= 11 is 0. The molecule has 1 aromatic carbocycles. The van der Waals surface area contributed by atoms with E-state index < -0.39 is 35.4 Å². The molecule has 1 N–H and O–H groups in total. The van der Waals surface area contributed by atoms with Gasteiger partial charge in [-0.1, -0.05) is 0 Å². The Balaban J connectivity index is 2.05. The number of aliphatic hydroxyl groups is 1. The Kier molecular flexibility index (Phi) is 4.70. The summed E-state index contributed by atoms with van der Waals surface area (Å²) in [5, 5.41) is 10.2. The highest BCUT2D eigenvalue weighted by molar-refractivity contribution is 5.68. The van der Waals surface area contributed by atoms with E-state index >= 15 is 0 Å². The third-order valence-electron chi connectivity index (χ3n) is 3.55. The monoisotopic (exact) mass is 313 g/mol. The van der Waals surface area contributed by atoms with Crippen LogP contribution in [0.1, 0.15) is 38.7 Å². The van der Waals surface area contributed by atoms with Crippen molar-refractivity contribution in [2.24, 2.45) is 0 Å². The zero-order chi connectivity index (χ0) is 16.5. The first-order valence-electron chi connectivity index (χ1n) is 7.28. The van der Waals surface area contributed by atoms with Crippen molar-refractivity contribution in [3.05, 3.63) is 35.4 Å². The van der Waals surface area contributed by atoms with Crippen molar-refractivity contribution < 1.29 is 23.4 Å². The Bertz CT molecular complexity index is 537. The molecule has 0 aromatic heterocycles. The zero-order valence-electron chi connectivity index (χ0n) is 13.0. The number of amides is 1. The minimum atomic E-state index is -0.887. The molecule has 0 spiro atoms. The zero-order valence-corrected chi connectivity index (χ0v) is 13.0. The Morgan fingerprint density at radius 1 is 1.27 bits per heavy atom. The molecule has 22 heavy (non-hydrogen) atoms. The van der Waals surface area contributed by atoms with Crippen LogP contribution in [0.4, 0.5) is 13.6 Å². The number of likely N-dealkylation sites (tertiary alicyclic amines) is 1. The molecule has 0 saturated carbocycles. The van der Waals surface area contributed by atoms with Crippen LogP contribution >= 0.6 is 0 Å². The molecular formula is C16H21F2NO3. The third-order valence-corrected chi connectivity index (χ3v) is 3.55. The topological polar surface area (TPSA) is 49.8 Å². The lowest BCUT2D eigenvalue weighted by molar-refractivity contribution is -0.00157. The molecule has 0 aliphatic carbocycles. The number of hydrogen-bond acceptors (Lipinski definition) is 3. The van der Waals surface area contributed by atoms with Crippen molar-refractivity contribution in [2.75, 3.05) is 13.1 Å². The minimum Gasteiger partial charge on any atom is -0.444 e. The van der Waals surface area contributed by atoms with Crippen molar-refractivity contribution in [1.82, 2.24) is 4.90 Å². The quantitative estimate of drug-likeness (QED) is 0.867. The Labute approximate surface area is 128 Å². The summed E-state index contributed by atoms with van der Waals surface area (Å²) < 4.78 is 31.8. The number of halogens is 2. The highest BCUT2D eigenvalue weighted by atomic mass is 19.1. The molecule has 6 heteroatoms. The molecule has 1 amide bonds. The fourth-order valence-corrected chi connectivity index (χ4v) is 2.60. The first kappa shape index (κ1) is 16.7. The average molecular weight is 313 g/mol. The van der Waals surface area contributed by atoms with Crippen LogP contribution < -0.4 is 0 Å². The summed E-state index contributed by atoms with van der Waals surface area (Å²) in [4.78, 5) is 13.4. The van der Waals surface area contributed by atoms with Crippen LogP contribution in [0.2, 0.25) is 0 Å². The van der Waals surface area contributed by atoms with E-state index in [0.29, 0.717) is 18.5 Å². The summed E-state index contributed by atoms with van der Waals surface area (Å²) in [5.41, 5.74) is -0.196. The molecule has 1 aromatic rings. The maximum atomic E-state index is 13.3. The second-order valence-corrected chi connectivity index (χ2v) is 6.59. The van der Waals surface area contributed by atoms with Gasteiger partial charge in [-0.25, -0.2) is 13.6 Å². The lowest BCUT2D eigenvalue weighted by Gasteiger charge is -2.36. The van der Waals surface area contributed by atoms with Crippen LogP contribution in [0.25, 0.3) is 0 Å². The Morgan fingerprint density at radius 2 is 1.86 bits per heavy atom. The van der Waals surface area contributed by atoms with Crippen molar-refractivity contribution in [3.8, 4) is 0 Å². The molecule has 2 rings (SSSR count).